The highest BCUT2D eigenvalue weighted by Crippen LogP contribution is 2.34. The number of fused-ring (bicyclic) bond motifs is 2. The molecule has 0 saturated heterocycles. The summed E-state index contributed by atoms with van der Waals surface area (Å²) in [5.74, 6) is 0. The number of benzene rings is 4. The number of H-pyrrole nitrogens is 1. The number of aromatic nitrogens is 2. The van der Waals surface area contributed by atoms with Crippen molar-refractivity contribution in [1.29, 1.82) is 0 Å². The number of anilines is 3. The maximum atomic E-state index is 12.5. The lowest BCUT2D eigenvalue weighted by molar-refractivity contribution is 0.155. The Labute approximate surface area is 224 Å². The van der Waals surface area contributed by atoms with E-state index in [1.807, 2.05) is 66.9 Å². The smallest absolute Gasteiger partial charge is 0.412 e. The van der Waals surface area contributed by atoms with E-state index in [9.17, 15) is 4.79 Å². The molecule has 0 unspecified atom stereocenters. The van der Waals surface area contributed by atoms with Gasteiger partial charge in [0.2, 0.25) is 0 Å². The number of ether oxygens (including phenoxy) is 1. The number of hydrogen-bond donors (Lipinski definition) is 3. The van der Waals surface area contributed by atoms with Crippen molar-refractivity contribution in [3.8, 4) is 11.3 Å². The molecule has 0 aliphatic heterocycles. The number of carbonyl (C=O) groups is 1. The molecule has 0 radical (unpaired) electrons. The summed E-state index contributed by atoms with van der Waals surface area (Å²) in [4.78, 5) is 20.6. The molecular weight excluding hydrogens is 496 g/mol. The summed E-state index contributed by atoms with van der Waals surface area (Å²) in [5, 5.41) is 8.82. The molecule has 0 aliphatic carbocycles. The number of halogens is 1. The Hall–Kier alpha value is -4.81. The Balaban J connectivity index is 1.34. The fourth-order valence-corrected chi connectivity index (χ4v) is 4.67. The zero-order valence-corrected chi connectivity index (χ0v) is 21.0. The topological polar surface area (TPSA) is 79.0 Å². The van der Waals surface area contributed by atoms with Crippen molar-refractivity contribution < 1.29 is 9.53 Å². The largest absolute Gasteiger partial charge is 0.444 e. The maximum absolute atomic E-state index is 12.5. The third-order valence-electron chi connectivity index (χ3n) is 6.24. The monoisotopic (exact) mass is 518 g/mol. The maximum Gasteiger partial charge on any atom is 0.412 e. The molecule has 38 heavy (non-hydrogen) atoms. The van der Waals surface area contributed by atoms with Crippen LogP contribution in [-0.4, -0.2) is 16.1 Å². The van der Waals surface area contributed by atoms with Crippen molar-refractivity contribution in [2.75, 3.05) is 10.6 Å². The van der Waals surface area contributed by atoms with Crippen molar-refractivity contribution in [3.05, 3.63) is 120 Å². The first-order valence-corrected chi connectivity index (χ1v) is 12.5. The fourth-order valence-electron chi connectivity index (χ4n) is 4.49. The van der Waals surface area contributed by atoms with E-state index in [1.54, 1.807) is 24.3 Å². The number of aromatic amines is 1. The van der Waals surface area contributed by atoms with Gasteiger partial charge < -0.3 is 15.0 Å². The van der Waals surface area contributed by atoms with E-state index in [1.165, 1.54) is 0 Å². The standard InChI is InChI=1S/C31H23ClN4O2/c32-25-10-3-6-13-29(25)36-31(37)38-19-20-16-21(26-14-7-15-33-26)18-22(17-20)34-30-23-8-1-4-11-27(23)35-28-12-5-2-9-24(28)30/h1-18,33H,19H2,(H,34,35)(H,36,37). The van der Waals surface area contributed by atoms with E-state index >= 15 is 0 Å². The molecule has 1 amide bonds. The number of rotatable bonds is 6. The Kier molecular flexibility index (Phi) is 6.38. The van der Waals surface area contributed by atoms with Gasteiger partial charge in [-0.25, -0.2) is 9.78 Å². The number of nitrogens with one attached hydrogen (secondary N) is 3. The van der Waals surface area contributed by atoms with Crippen LogP contribution >= 0.6 is 11.6 Å². The van der Waals surface area contributed by atoms with Crippen molar-refractivity contribution in [3.63, 3.8) is 0 Å². The summed E-state index contributed by atoms with van der Waals surface area (Å²) in [5.41, 5.74) is 6.91. The molecule has 0 saturated carbocycles. The molecule has 6 aromatic rings. The predicted molar refractivity (Wildman–Crippen MR) is 154 cm³/mol. The Bertz CT molecular complexity index is 1710. The summed E-state index contributed by atoms with van der Waals surface area (Å²) in [6.45, 7) is 0.0807. The summed E-state index contributed by atoms with van der Waals surface area (Å²) < 4.78 is 5.55. The van der Waals surface area contributed by atoms with Gasteiger partial charge in [0, 0.05) is 33.9 Å². The molecule has 2 heterocycles. The quantitative estimate of drug-likeness (QED) is 0.193. The lowest BCUT2D eigenvalue weighted by atomic mass is 10.0. The zero-order valence-electron chi connectivity index (χ0n) is 20.2. The Morgan fingerprint density at radius 3 is 2.26 bits per heavy atom. The van der Waals surface area contributed by atoms with E-state index in [-0.39, 0.29) is 6.61 Å². The van der Waals surface area contributed by atoms with Gasteiger partial charge in [-0.2, -0.15) is 0 Å². The molecule has 6 nitrogen and oxygen atoms in total. The van der Waals surface area contributed by atoms with E-state index in [0.29, 0.717) is 10.7 Å². The average Bonchev–Trinajstić information content (AvgIpc) is 3.48. The van der Waals surface area contributed by atoms with Gasteiger partial charge in [-0.1, -0.05) is 60.1 Å². The van der Waals surface area contributed by atoms with Gasteiger partial charge in [0.05, 0.1) is 27.4 Å². The molecule has 2 aromatic heterocycles. The average molecular weight is 519 g/mol. The third kappa shape index (κ3) is 4.90. The molecule has 3 N–H and O–H groups in total. The van der Waals surface area contributed by atoms with E-state index in [2.05, 4.69) is 33.8 Å². The zero-order chi connectivity index (χ0) is 25.9. The Morgan fingerprint density at radius 2 is 1.55 bits per heavy atom. The van der Waals surface area contributed by atoms with Crippen LogP contribution in [0.4, 0.5) is 21.9 Å². The van der Waals surface area contributed by atoms with Crippen molar-refractivity contribution in [2.24, 2.45) is 0 Å². The second kappa shape index (κ2) is 10.3. The molecule has 0 spiro atoms. The lowest BCUT2D eigenvalue weighted by Crippen LogP contribution is -2.13. The second-order valence-electron chi connectivity index (χ2n) is 8.83. The molecule has 7 heteroatoms. The number of carbonyl (C=O) groups excluding carboxylic acids is 1. The van der Waals surface area contributed by atoms with E-state index in [4.69, 9.17) is 21.3 Å². The molecule has 186 valence electrons. The van der Waals surface area contributed by atoms with Gasteiger partial charge >= 0.3 is 6.09 Å². The van der Waals surface area contributed by atoms with Gasteiger partial charge in [0.15, 0.2) is 0 Å². The molecule has 6 rings (SSSR count). The minimum absolute atomic E-state index is 0.0807. The first-order chi connectivity index (χ1) is 18.6. The molecule has 0 aliphatic rings. The van der Waals surface area contributed by atoms with Crippen molar-refractivity contribution >= 4 is 56.6 Å². The highest BCUT2D eigenvalue weighted by molar-refractivity contribution is 6.33. The van der Waals surface area contributed by atoms with Crippen molar-refractivity contribution in [1.82, 2.24) is 9.97 Å². The van der Waals surface area contributed by atoms with Crippen LogP contribution in [0, 0.1) is 0 Å². The first kappa shape index (κ1) is 23.6. The summed E-state index contributed by atoms with van der Waals surface area (Å²) in [6, 6.07) is 33.2. The highest BCUT2D eigenvalue weighted by atomic mass is 35.5. The van der Waals surface area contributed by atoms with Gasteiger partial charge in [0.25, 0.3) is 0 Å². The minimum Gasteiger partial charge on any atom is -0.444 e. The van der Waals surface area contributed by atoms with Crippen LogP contribution in [0.1, 0.15) is 5.56 Å². The first-order valence-electron chi connectivity index (χ1n) is 12.1. The summed E-state index contributed by atoms with van der Waals surface area (Å²) in [6.07, 6.45) is 1.30. The lowest BCUT2D eigenvalue weighted by Gasteiger charge is -2.16. The summed E-state index contributed by atoms with van der Waals surface area (Å²) >= 11 is 6.16. The molecule has 0 fully saturated rings. The van der Waals surface area contributed by atoms with Gasteiger partial charge in [0.1, 0.15) is 6.61 Å². The number of amides is 1. The molecular formula is C31H23ClN4O2. The second-order valence-corrected chi connectivity index (χ2v) is 9.24. The van der Waals surface area contributed by atoms with Gasteiger partial charge in [-0.3, -0.25) is 5.32 Å². The Morgan fingerprint density at radius 1 is 0.842 bits per heavy atom. The number of pyridine rings is 1. The number of nitrogens with zero attached hydrogens (tertiary/aromatic N) is 1. The van der Waals surface area contributed by atoms with Crippen LogP contribution in [0.25, 0.3) is 33.1 Å². The van der Waals surface area contributed by atoms with E-state index in [0.717, 1.165) is 50.0 Å². The van der Waals surface area contributed by atoms with Crippen LogP contribution in [0.2, 0.25) is 5.02 Å². The van der Waals surface area contributed by atoms with Gasteiger partial charge in [-0.05, 0) is 60.2 Å². The van der Waals surface area contributed by atoms with Crippen LogP contribution in [0.3, 0.4) is 0 Å². The molecule has 4 aromatic carbocycles. The van der Waals surface area contributed by atoms with Gasteiger partial charge in [-0.15, -0.1) is 0 Å². The van der Waals surface area contributed by atoms with Crippen LogP contribution in [0.15, 0.2) is 109 Å². The van der Waals surface area contributed by atoms with Crippen LogP contribution in [0.5, 0.6) is 0 Å². The SMILES string of the molecule is O=C(Nc1ccccc1Cl)OCc1cc(Nc2c3ccccc3nc3ccccc23)cc(-c2ccc[nH]2)c1. The highest BCUT2D eigenvalue weighted by Gasteiger charge is 2.12. The summed E-state index contributed by atoms with van der Waals surface area (Å²) in [7, 11) is 0. The fraction of sp³-hybridized carbons (Fsp3) is 0.0323. The van der Waals surface area contributed by atoms with Crippen LogP contribution in [-0.2, 0) is 11.3 Å². The minimum atomic E-state index is -0.580. The number of para-hydroxylation sites is 3. The molecule has 0 bridgehead atoms. The third-order valence-corrected chi connectivity index (χ3v) is 6.57. The normalized spacial score (nSPS) is 11.0. The van der Waals surface area contributed by atoms with Crippen LogP contribution < -0.4 is 10.6 Å². The van der Waals surface area contributed by atoms with Crippen molar-refractivity contribution in [2.45, 2.75) is 6.61 Å². The predicted octanol–water partition coefficient (Wildman–Crippen LogP) is 8.53. The van der Waals surface area contributed by atoms with E-state index < -0.39 is 6.09 Å². The molecule has 0 atom stereocenters. The number of hydrogen-bond acceptors (Lipinski definition) is 4.